The van der Waals surface area contributed by atoms with E-state index in [4.69, 9.17) is 4.84 Å². The topological polar surface area (TPSA) is 59.5 Å². The molecule has 0 aromatic carbocycles. The van der Waals surface area contributed by atoms with Crippen LogP contribution in [0.5, 0.6) is 0 Å². The van der Waals surface area contributed by atoms with E-state index in [0.717, 1.165) is 43.4 Å². The van der Waals surface area contributed by atoms with Crippen LogP contribution in [0.4, 0.5) is 0 Å². The van der Waals surface area contributed by atoms with Gasteiger partial charge in [-0.25, -0.2) is 4.79 Å². The summed E-state index contributed by atoms with van der Waals surface area (Å²) in [6, 6.07) is 4.00. The van der Waals surface area contributed by atoms with Gasteiger partial charge in [-0.1, -0.05) is 6.08 Å². The van der Waals surface area contributed by atoms with Crippen LogP contribution in [0.1, 0.15) is 76.7 Å². The van der Waals surface area contributed by atoms with Crippen LogP contribution in [0.2, 0.25) is 0 Å². The van der Waals surface area contributed by atoms with E-state index in [-0.39, 0.29) is 11.9 Å². The summed E-state index contributed by atoms with van der Waals surface area (Å²) in [6.07, 6.45) is 18.8. The van der Waals surface area contributed by atoms with E-state index in [2.05, 4.69) is 4.98 Å². The Hall–Kier alpha value is -2.17. The van der Waals surface area contributed by atoms with Gasteiger partial charge in [0.15, 0.2) is 0 Å². The summed E-state index contributed by atoms with van der Waals surface area (Å²) in [5, 5.41) is 1.32. The summed E-state index contributed by atoms with van der Waals surface area (Å²) >= 11 is 0. The number of carbonyl (C=O) groups is 2. The lowest BCUT2D eigenvalue weighted by Gasteiger charge is -2.57. The molecule has 4 bridgehead atoms. The van der Waals surface area contributed by atoms with Gasteiger partial charge in [-0.2, -0.15) is 5.06 Å². The van der Waals surface area contributed by atoms with E-state index < -0.39 is 0 Å². The predicted molar refractivity (Wildman–Crippen MR) is 120 cm³/mol. The number of hydrogen-bond donors (Lipinski definition) is 0. The second kappa shape index (κ2) is 9.97. The second-order valence-corrected chi connectivity index (χ2v) is 10.1. The van der Waals surface area contributed by atoms with Gasteiger partial charge in [-0.3, -0.25) is 9.78 Å². The number of pyridine rings is 1. The molecule has 5 heteroatoms. The molecular weight excluding hydrogens is 388 g/mol. The van der Waals surface area contributed by atoms with Crippen LogP contribution in [-0.2, 0) is 20.8 Å². The molecule has 4 fully saturated rings. The summed E-state index contributed by atoms with van der Waals surface area (Å²) in [4.78, 5) is 34.6. The molecule has 5 nitrogen and oxygen atoms in total. The average Bonchev–Trinajstić information content (AvgIpc) is 2.74. The van der Waals surface area contributed by atoms with E-state index in [1.54, 1.807) is 18.5 Å². The average molecular weight is 425 g/mol. The lowest BCUT2D eigenvalue weighted by molar-refractivity contribution is -0.198. The second-order valence-electron chi connectivity index (χ2n) is 10.1. The first-order chi connectivity index (χ1) is 15.0. The highest BCUT2D eigenvalue weighted by molar-refractivity contribution is 5.87. The summed E-state index contributed by atoms with van der Waals surface area (Å²) in [5.41, 5.74) is 1.59. The Morgan fingerprint density at radius 3 is 2.35 bits per heavy atom. The maximum absolute atomic E-state index is 12.6. The monoisotopic (exact) mass is 424 g/mol. The first kappa shape index (κ1) is 22.0. The fraction of sp³-hybridized carbons (Fsp3) is 0.654. The van der Waals surface area contributed by atoms with Crippen LogP contribution in [-0.4, -0.2) is 28.5 Å². The number of aromatic nitrogens is 1. The smallest absolute Gasteiger partial charge is 0.332 e. The highest BCUT2D eigenvalue weighted by atomic mass is 16.7. The van der Waals surface area contributed by atoms with E-state index in [1.807, 2.05) is 19.1 Å². The minimum absolute atomic E-state index is 0.225. The van der Waals surface area contributed by atoms with Crippen LogP contribution in [0, 0.1) is 23.2 Å². The maximum Gasteiger partial charge on any atom is 0.332 e. The molecular formula is C26H36N2O3. The number of carbonyl (C=O) groups excluding carboxylic acids is 2. The lowest BCUT2D eigenvalue weighted by atomic mass is 9.49. The minimum atomic E-state index is -0.307. The van der Waals surface area contributed by atoms with Gasteiger partial charge in [0.2, 0.25) is 0 Å². The van der Waals surface area contributed by atoms with Crippen molar-refractivity contribution in [2.45, 2.75) is 77.6 Å². The highest BCUT2D eigenvalue weighted by Crippen LogP contribution is 2.61. The maximum atomic E-state index is 12.6. The molecule has 1 aromatic rings. The molecule has 0 atom stereocenters. The lowest BCUT2D eigenvalue weighted by Crippen LogP contribution is -2.47. The molecule has 1 aromatic heterocycles. The Morgan fingerprint density at radius 1 is 1.10 bits per heavy atom. The van der Waals surface area contributed by atoms with Crippen LogP contribution in [0.25, 0.3) is 0 Å². The number of allylic oxidation sites excluding steroid dienone is 1. The number of amides is 1. The van der Waals surface area contributed by atoms with E-state index in [9.17, 15) is 9.59 Å². The molecule has 0 radical (unpaired) electrons. The van der Waals surface area contributed by atoms with Crippen molar-refractivity contribution in [2.75, 3.05) is 6.54 Å². The largest absolute Gasteiger partial charge is 0.338 e. The van der Waals surface area contributed by atoms with Crippen molar-refractivity contribution in [3.63, 3.8) is 0 Å². The van der Waals surface area contributed by atoms with Crippen LogP contribution in [0.15, 0.2) is 36.7 Å². The number of hydrogen-bond acceptors (Lipinski definition) is 4. The number of aryl methyl sites for hydroxylation is 1. The fourth-order valence-electron chi connectivity index (χ4n) is 6.68. The van der Waals surface area contributed by atoms with Crippen molar-refractivity contribution >= 4 is 11.9 Å². The van der Waals surface area contributed by atoms with Gasteiger partial charge in [-0.05, 0) is 112 Å². The summed E-state index contributed by atoms with van der Waals surface area (Å²) in [7, 11) is 0. The SMILES string of the molecule is CC=CC(=O)N(CCC12CC3CC(CC(C3)C1)C2)OC(=O)CCCCc1ccncc1. The zero-order valence-corrected chi connectivity index (χ0v) is 18.8. The van der Waals surface area contributed by atoms with Gasteiger partial charge >= 0.3 is 5.97 Å². The van der Waals surface area contributed by atoms with Crippen LogP contribution < -0.4 is 0 Å². The molecule has 0 aliphatic heterocycles. The number of unbranched alkanes of at least 4 members (excludes halogenated alkanes) is 1. The fourth-order valence-corrected chi connectivity index (χ4v) is 6.68. The van der Waals surface area contributed by atoms with Crippen molar-refractivity contribution in [2.24, 2.45) is 23.2 Å². The standard InChI is InChI=1S/C26H36N2O3/c1-2-5-24(29)28(31-25(30)7-4-3-6-20-8-11-27-12-9-20)13-10-26-17-21-14-22(18-26)16-23(15-21)19-26/h2,5,8-9,11-12,21-23H,3-4,6-7,10,13-19H2,1H3. The van der Waals surface area contributed by atoms with Gasteiger partial charge in [0, 0.05) is 24.9 Å². The molecule has 4 saturated carbocycles. The molecule has 168 valence electrons. The van der Waals surface area contributed by atoms with Crippen molar-refractivity contribution < 1.29 is 14.4 Å². The third-order valence-corrected chi connectivity index (χ3v) is 7.62. The number of rotatable bonds is 9. The van der Waals surface area contributed by atoms with E-state index in [0.29, 0.717) is 18.4 Å². The van der Waals surface area contributed by atoms with Crippen LogP contribution >= 0.6 is 0 Å². The molecule has 0 saturated heterocycles. The van der Waals surface area contributed by atoms with Crippen molar-refractivity contribution in [3.8, 4) is 0 Å². The molecule has 0 spiro atoms. The van der Waals surface area contributed by atoms with Gasteiger partial charge < -0.3 is 4.84 Å². The van der Waals surface area contributed by atoms with Crippen molar-refractivity contribution in [1.29, 1.82) is 0 Å². The summed E-state index contributed by atoms with van der Waals surface area (Å²) < 4.78 is 0. The first-order valence-electron chi connectivity index (χ1n) is 12.1. The molecule has 0 unspecified atom stereocenters. The summed E-state index contributed by atoms with van der Waals surface area (Å²) in [5.74, 6) is 2.12. The van der Waals surface area contributed by atoms with Gasteiger partial charge in [0.1, 0.15) is 0 Å². The Morgan fingerprint density at radius 2 is 1.74 bits per heavy atom. The molecule has 1 amide bonds. The Labute approximate surface area is 186 Å². The zero-order valence-electron chi connectivity index (χ0n) is 18.8. The third-order valence-electron chi connectivity index (χ3n) is 7.62. The summed E-state index contributed by atoms with van der Waals surface area (Å²) in [6.45, 7) is 2.33. The molecule has 4 aliphatic carbocycles. The Kier molecular flexibility index (Phi) is 7.09. The van der Waals surface area contributed by atoms with Crippen LogP contribution in [0.3, 0.4) is 0 Å². The van der Waals surface area contributed by atoms with Gasteiger partial charge in [0.05, 0.1) is 6.54 Å². The highest BCUT2D eigenvalue weighted by Gasteiger charge is 2.50. The predicted octanol–water partition coefficient (Wildman–Crippen LogP) is 5.26. The quantitative estimate of drug-likeness (QED) is 0.308. The molecule has 0 N–H and O–H groups in total. The Bertz CT molecular complexity index is 754. The molecule has 5 rings (SSSR count). The van der Waals surface area contributed by atoms with E-state index >= 15 is 0 Å². The van der Waals surface area contributed by atoms with Crippen molar-refractivity contribution in [3.05, 3.63) is 42.2 Å². The van der Waals surface area contributed by atoms with Gasteiger partial charge in [0.25, 0.3) is 5.91 Å². The first-order valence-corrected chi connectivity index (χ1v) is 12.1. The Balaban J connectivity index is 1.26. The molecule has 4 aliphatic rings. The third kappa shape index (κ3) is 5.75. The normalized spacial score (nSPS) is 28.7. The van der Waals surface area contributed by atoms with Gasteiger partial charge in [-0.15, -0.1) is 0 Å². The molecule has 31 heavy (non-hydrogen) atoms. The number of nitrogens with zero attached hydrogens (tertiary/aromatic N) is 2. The van der Waals surface area contributed by atoms with E-state index in [1.165, 1.54) is 55.2 Å². The minimum Gasteiger partial charge on any atom is -0.338 e. The zero-order chi connectivity index (χ0) is 21.7. The number of hydroxylamine groups is 2. The molecule has 1 heterocycles. The van der Waals surface area contributed by atoms with Crippen molar-refractivity contribution in [1.82, 2.24) is 10.0 Å².